The summed E-state index contributed by atoms with van der Waals surface area (Å²) < 4.78 is 25.0. The highest BCUT2D eigenvalue weighted by Crippen LogP contribution is 2.14. The maximum atomic E-state index is 13.4. The van der Waals surface area contributed by atoms with Crippen LogP contribution in [-0.4, -0.2) is 5.97 Å². The van der Waals surface area contributed by atoms with E-state index in [1.807, 2.05) is 0 Å². The molecule has 0 fully saturated rings. The lowest BCUT2D eigenvalue weighted by Gasteiger charge is -2.03. The van der Waals surface area contributed by atoms with Crippen LogP contribution < -0.4 is 0 Å². The summed E-state index contributed by atoms with van der Waals surface area (Å²) in [4.78, 5) is 13.8. The summed E-state index contributed by atoms with van der Waals surface area (Å²) in [6, 6.07) is 4.00. The number of benzene rings is 1. The summed E-state index contributed by atoms with van der Waals surface area (Å²) in [5, 5.41) is 0. The van der Waals surface area contributed by atoms with Crippen molar-refractivity contribution in [2.45, 2.75) is 25.7 Å². The third kappa shape index (κ3) is 3.87. The zero-order chi connectivity index (χ0) is 12.7. The van der Waals surface area contributed by atoms with Crippen LogP contribution >= 0.6 is 0 Å². The maximum absolute atomic E-state index is 13.4. The fourth-order valence-corrected chi connectivity index (χ4v) is 1.48. The molecule has 0 atom stereocenters. The number of terminal acetylenes is 1. The topological polar surface area (TPSA) is 26.3 Å². The van der Waals surface area contributed by atoms with Crippen LogP contribution in [0.25, 0.3) is 0 Å². The Balaban J connectivity index is 2.63. The van der Waals surface area contributed by atoms with E-state index in [0.29, 0.717) is 12.8 Å². The Morgan fingerprint density at radius 1 is 1.41 bits per heavy atom. The molecule has 4 heteroatoms. The first-order valence-corrected chi connectivity index (χ1v) is 5.24. The zero-order valence-corrected chi connectivity index (χ0v) is 9.21. The molecule has 0 saturated heterocycles. The molecular weight excluding hydrogens is 226 g/mol. The third-order valence-electron chi connectivity index (χ3n) is 2.36. The van der Waals surface area contributed by atoms with Gasteiger partial charge in [0.25, 0.3) is 0 Å². The van der Waals surface area contributed by atoms with E-state index in [9.17, 15) is 13.7 Å². The molecule has 2 nitrogen and oxygen atoms in total. The van der Waals surface area contributed by atoms with Crippen molar-refractivity contribution in [3.8, 4) is 12.3 Å². The first-order chi connectivity index (χ1) is 8.19. The second-order valence-electron chi connectivity index (χ2n) is 3.59. The Bertz CT molecular complexity index is 436. The van der Waals surface area contributed by atoms with Gasteiger partial charge in [0.1, 0.15) is 5.82 Å². The van der Waals surface area contributed by atoms with Gasteiger partial charge in [0, 0.05) is 10.9 Å². The lowest BCUT2D eigenvalue weighted by Crippen LogP contribution is -2.03. The minimum absolute atomic E-state index is 0.403. The number of carbonyl (C=O) groups is 1. The molecule has 0 spiro atoms. The van der Waals surface area contributed by atoms with Crippen molar-refractivity contribution in [3.05, 3.63) is 35.1 Å². The van der Waals surface area contributed by atoms with Gasteiger partial charge in [0.2, 0.25) is 0 Å². The van der Waals surface area contributed by atoms with Crippen LogP contribution in [0.2, 0.25) is 0 Å². The maximum Gasteiger partial charge on any atom is 0.382 e. The number of aryl methyl sites for hydroxylation is 1. The first kappa shape index (κ1) is 13.2. The van der Waals surface area contributed by atoms with Gasteiger partial charge in [-0.2, -0.15) is 0 Å². The number of rotatable bonds is 5. The van der Waals surface area contributed by atoms with Crippen molar-refractivity contribution < 1.29 is 18.7 Å². The molecule has 0 N–H and O–H groups in total. The average molecular weight is 238 g/mol. The molecule has 90 valence electrons. The fourth-order valence-electron chi connectivity index (χ4n) is 1.48. The molecule has 0 radical (unpaired) electrons. The second kappa shape index (κ2) is 6.64. The molecule has 1 aromatic carbocycles. The van der Waals surface area contributed by atoms with Crippen LogP contribution in [-0.2, 0) is 11.4 Å². The molecule has 0 amide bonds. The minimum atomic E-state index is -1.32. The largest absolute Gasteiger partial charge is 0.382 e. The summed E-state index contributed by atoms with van der Waals surface area (Å²) in [5.74, 6) is 0.426. The van der Waals surface area contributed by atoms with Crippen molar-refractivity contribution in [2.75, 3.05) is 0 Å². The monoisotopic (exact) mass is 238 g/mol. The van der Waals surface area contributed by atoms with Crippen molar-refractivity contribution in [1.29, 1.82) is 0 Å². The molecule has 0 heterocycles. The molecule has 0 bridgehead atoms. The predicted molar refractivity (Wildman–Crippen MR) is 59.3 cm³/mol. The van der Waals surface area contributed by atoms with E-state index in [-0.39, 0.29) is 0 Å². The van der Waals surface area contributed by atoms with Crippen LogP contribution in [0.5, 0.6) is 0 Å². The van der Waals surface area contributed by atoms with E-state index >= 15 is 0 Å². The standard InChI is InChI=1S/C13H12F2O2/c1-2-3-4-5-6-10-7-8-11(12(14)9-10)13(16)17-15/h1,7-9H,3-6H2. The molecule has 0 aliphatic rings. The van der Waals surface area contributed by atoms with Crippen molar-refractivity contribution in [1.82, 2.24) is 0 Å². The van der Waals surface area contributed by atoms with E-state index in [1.165, 1.54) is 12.1 Å². The molecule has 0 saturated carbocycles. The Hall–Kier alpha value is -1.89. The van der Waals surface area contributed by atoms with Crippen LogP contribution in [0.1, 0.15) is 35.2 Å². The Labute approximate surface area is 98.5 Å². The van der Waals surface area contributed by atoms with E-state index in [4.69, 9.17) is 6.42 Å². The van der Waals surface area contributed by atoms with Gasteiger partial charge in [-0.15, -0.1) is 12.3 Å². The molecule has 0 aromatic heterocycles. The van der Waals surface area contributed by atoms with E-state index < -0.39 is 17.3 Å². The van der Waals surface area contributed by atoms with Crippen molar-refractivity contribution in [3.63, 3.8) is 0 Å². The zero-order valence-electron chi connectivity index (χ0n) is 9.21. The lowest BCUT2D eigenvalue weighted by atomic mass is 10.0. The molecular formula is C13H12F2O2. The first-order valence-electron chi connectivity index (χ1n) is 5.24. The summed E-state index contributed by atoms with van der Waals surface area (Å²) in [7, 11) is 0. The summed E-state index contributed by atoms with van der Waals surface area (Å²) in [6.45, 7) is 0. The number of unbranched alkanes of at least 4 members (excludes halogenated alkanes) is 2. The summed E-state index contributed by atoms with van der Waals surface area (Å²) in [5.41, 5.74) is 0.342. The SMILES string of the molecule is C#CCCCCc1ccc(C(=O)OF)c(F)c1. The van der Waals surface area contributed by atoms with Crippen molar-refractivity contribution >= 4 is 5.97 Å². The average Bonchev–Trinajstić information content (AvgIpc) is 2.34. The number of halogens is 2. The van der Waals surface area contributed by atoms with E-state index in [1.54, 1.807) is 6.07 Å². The fraction of sp³-hybridized carbons (Fsp3) is 0.308. The number of carbonyl (C=O) groups excluding carboxylic acids is 1. The van der Waals surface area contributed by atoms with Gasteiger partial charge in [-0.3, -0.25) is 0 Å². The van der Waals surface area contributed by atoms with Crippen LogP contribution in [0, 0.1) is 18.2 Å². The Morgan fingerprint density at radius 3 is 2.76 bits per heavy atom. The van der Waals surface area contributed by atoms with Crippen LogP contribution in [0.15, 0.2) is 18.2 Å². The van der Waals surface area contributed by atoms with Crippen molar-refractivity contribution in [2.24, 2.45) is 0 Å². The molecule has 0 unspecified atom stereocenters. The smallest absolute Gasteiger partial charge is 0.249 e. The summed E-state index contributed by atoms with van der Waals surface area (Å²) >= 11 is 0. The third-order valence-corrected chi connectivity index (χ3v) is 2.36. The highest BCUT2D eigenvalue weighted by molar-refractivity contribution is 5.89. The quantitative estimate of drug-likeness (QED) is 0.581. The van der Waals surface area contributed by atoms with Gasteiger partial charge in [0.05, 0.1) is 5.56 Å². The Kier molecular flexibility index (Phi) is 5.15. The molecule has 0 aliphatic carbocycles. The van der Waals surface area contributed by atoms with Crippen LogP contribution in [0.3, 0.4) is 0 Å². The minimum Gasteiger partial charge on any atom is -0.249 e. The number of hydrogen-bond acceptors (Lipinski definition) is 2. The van der Waals surface area contributed by atoms with Gasteiger partial charge in [0.15, 0.2) is 0 Å². The van der Waals surface area contributed by atoms with Crippen LogP contribution in [0.4, 0.5) is 8.92 Å². The molecule has 1 rings (SSSR count). The Morgan fingerprint density at radius 2 is 2.18 bits per heavy atom. The lowest BCUT2D eigenvalue weighted by molar-refractivity contribution is -0.0791. The van der Waals surface area contributed by atoms with Gasteiger partial charge >= 0.3 is 5.97 Å². The molecule has 1 aromatic rings. The molecule has 17 heavy (non-hydrogen) atoms. The van der Waals surface area contributed by atoms with Gasteiger partial charge in [-0.25, -0.2) is 14.1 Å². The summed E-state index contributed by atoms with van der Waals surface area (Å²) in [6.07, 6.45) is 8.17. The van der Waals surface area contributed by atoms with E-state index in [0.717, 1.165) is 18.4 Å². The number of hydrogen-bond donors (Lipinski definition) is 0. The predicted octanol–water partition coefficient (Wildman–Crippen LogP) is 3.21. The highest BCUT2D eigenvalue weighted by Gasteiger charge is 2.14. The van der Waals surface area contributed by atoms with Gasteiger partial charge < -0.3 is 0 Å². The van der Waals surface area contributed by atoms with Gasteiger partial charge in [-0.1, -0.05) is 6.07 Å². The normalized spacial score (nSPS) is 9.71. The molecule has 0 aliphatic heterocycles. The highest BCUT2D eigenvalue weighted by atomic mass is 19.3. The second-order valence-corrected chi connectivity index (χ2v) is 3.59. The van der Waals surface area contributed by atoms with Gasteiger partial charge in [-0.05, 0) is 37.0 Å². The van der Waals surface area contributed by atoms with E-state index in [2.05, 4.69) is 10.9 Å².